The molecule has 6 nitrogen and oxygen atoms in total. The summed E-state index contributed by atoms with van der Waals surface area (Å²) in [7, 11) is -1.77. The Labute approximate surface area is 109 Å². The first-order valence-corrected chi connectivity index (χ1v) is 7.99. The molecule has 18 heavy (non-hydrogen) atoms. The summed E-state index contributed by atoms with van der Waals surface area (Å²) in [4.78, 5) is 0. The summed E-state index contributed by atoms with van der Waals surface area (Å²) in [5, 5.41) is 12.2. The second kappa shape index (κ2) is 8.06. The lowest BCUT2D eigenvalue weighted by atomic mass is 10.0. The van der Waals surface area contributed by atoms with Gasteiger partial charge in [0.25, 0.3) is 0 Å². The summed E-state index contributed by atoms with van der Waals surface area (Å²) in [6, 6.07) is 0. The Balaban J connectivity index is 2.55. The molecular weight excluding hydrogens is 256 g/mol. The number of hydrogen-bond acceptors (Lipinski definition) is 5. The molecule has 0 aliphatic carbocycles. The maximum Gasteiger partial charge on any atom is 0.214 e. The number of nitrogens with one attached hydrogen (secondary N) is 1. The van der Waals surface area contributed by atoms with Gasteiger partial charge in [0.2, 0.25) is 10.0 Å². The van der Waals surface area contributed by atoms with E-state index in [0.29, 0.717) is 13.2 Å². The Morgan fingerprint density at radius 2 is 2.22 bits per heavy atom. The number of aliphatic hydroxyl groups excluding tert-OH is 1. The highest BCUT2D eigenvalue weighted by molar-refractivity contribution is 7.89. The molecule has 108 valence electrons. The third kappa shape index (κ3) is 5.19. The van der Waals surface area contributed by atoms with Crippen LogP contribution in [0.5, 0.6) is 0 Å². The average molecular weight is 280 g/mol. The highest BCUT2D eigenvalue weighted by Crippen LogP contribution is 2.15. The molecule has 1 unspecified atom stereocenters. The van der Waals surface area contributed by atoms with Crippen molar-refractivity contribution in [1.29, 1.82) is 0 Å². The van der Waals surface area contributed by atoms with Gasteiger partial charge in [0.15, 0.2) is 0 Å². The summed E-state index contributed by atoms with van der Waals surface area (Å²) in [6.45, 7) is 2.37. The van der Waals surface area contributed by atoms with Crippen molar-refractivity contribution in [3.63, 3.8) is 0 Å². The van der Waals surface area contributed by atoms with Gasteiger partial charge in [-0.2, -0.15) is 4.31 Å². The lowest BCUT2D eigenvalue weighted by Gasteiger charge is -2.26. The maximum atomic E-state index is 12.2. The van der Waals surface area contributed by atoms with E-state index in [9.17, 15) is 8.42 Å². The second-order valence-corrected chi connectivity index (χ2v) is 6.62. The summed E-state index contributed by atoms with van der Waals surface area (Å²) >= 11 is 0. The van der Waals surface area contributed by atoms with E-state index in [-0.39, 0.29) is 24.8 Å². The van der Waals surface area contributed by atoms with Crippen LogP contribution in [0.4, 0.5) is 0 Å². The summed E-state index contributed by atoms with van der Waals surface area (Å²) in [5.41, 5.74) is 0. The van der Waals surface area contributed by atoms with Crippen LogP contribution in [-0.2, 0) is 14.8 Å². The molecule has 0 spiro atoms. The van der Waals surface area contributed by atoms with Crippen LogP contribution < -0.4 is 5.32 Å². The topological polar surface area (TPSA) is 78.9 Å². The van der Waals surface area contributed by atoms with Crippen molar-refractivity contribution in [2.45, 2.75) is 12.8 Å². The summed E-state index contributed by atoms with van der Waals surface area (Å²) < 4.78 is 30.7. The number of rotatable bonds is 8. The van der Waals surface area contributed by atoms with Gasteiger partial charge in [-0.15, -0.1) is 0 Å². The van der Waals surface area contributed by atoms with Gasteiger partial charge in [0.05, 0.1) is 19.0 Å². The van der Waals surface area contributed by atoms with Crippen molar-refractivity contribution in [2.24, 2.45) is 5.92 Å². The van der Waals surface area contributed by atoms with E-state index in [2.05, 4.69) is 5.32 Å². The van der Waals surface area contributed by atoms with E-state index in [1.807, 2.05) is 0 Å². The number of sulfonamides is 1. The molecule has 0 aromatic rings. The van der Waals surface area contributed by atoms with E-state index < -0.39 is 10.0 Å². The Hall–Kier alpha value is -0.210. The highest BCUT2D eigenvalue weighted by atomic mass is 32.2. The van der Waals surface area contributed by atoms with Crippen molar-refractivity contribution in [3.8, 4) is 0 Å². The lowest BCUT2D eigenvalue weighted by Crippen LogP contribution is -2.42. The molecule has 7 heteroatoms. The Morgan fingerprint density at radius 3 is 2.78 bits per heavy atom. The fourth-order valence-electron chi connectivity index (χ4n) is 2.16. The number of aliphatic hydroxyl groups is 1. The minimum absolute atomic E-state index is 0.145. The number of methoxy groups -OCH3 is 1. The van der Waals surface area contributed by atoms with E-state index in [1.165, 1.54) is 11.4 Å². The normalized spacial score (nSPS) is 21.4. The number of piperidine rings is 1. The molecule has 0 bridgehead atoms. The molecule has 0 saturated carbocycles. The van der Waals surface area contributed by atoms with Crippen molar-refractivity contribution >= 4 is 10.0 Å². The lowest BCUT2D eigenvalue weighted by molar-refractivity contribution is 0.168. The van der Waals surface area contributed by atoms with Crippen molar-refractivity contribution in [2.75, 3.05) is 52.3 Å². The third-order valence-electron chi connectivity index (χ3n) is 3.13. The van der Waals surface area contributed by atoms with Gasteiger partial charge in [-0.1, -0.05) is 0 Å². The third-order valence-corrected chi connectivity index (χ3v) is 5.18. The molecular formula is C11H24N2O4S. The van der Waals surface area contributed by atoms with E-state index in [4.69, 9.17) is 9.84 Å². The van der Waals surface area contributed by atoms with Crippen LogP contribution in [0.15, 0.2) is 0 Å². The molecule has 0 aromatic carbocycles. The molecule has 1 aliphatic rings. The predicted octanol–water partition coefficient (Wildman–Crippen LogP) is -0.743. The number of ether oxygens (including phenoxy) is 1. The van der Waals surface area contributed by atoms with Crippen LogP contribution >= 0.6 is 0 Å². The first kappa shape index (κ1) is 15.8. The second-order valence-electron chi connectivity index (χ2n) is 4.61. The zero-order chi connectivity index (χ0) is 13.4. The van der Waals surface area contributed by atoms with Gasteiger partial charge >= 0.3 is 0 Å². The minimum atomic E-state index is -3.30. The van der Waals surface area contributed by atoms with E-state index in [0.717, 1.165) is 25.9 Å². The van der Waals surface area contributed by atoms with Gasteiger partial charge in [0.1, 0.15) is 0 Å². The van der Waals surface area contributed by atoms with Gasteiger partial charge in [-0.05, 0) is 31.8 Å². The maximum absolute atomic E-state index is 12.2. The average Bonchev–Trinajstić information content (AvgIpc) is 2.35. The SMILES string of the molecule is COCCN(CCO)S(=O)(=O)CC1CCCNC1. The predicted molar refractivity (Wildman–Crippen MR) is 69.9 cm³/mol. The van der Waals surface area contributed by atoms with Crippen LogP contribution in [-0.4, -0.2) is 70.1 Å². The molecule has 0 aromatic heterocycles. The monoisotopic (exact) mass is 280 g/mol. The molecule has 1 atom stereocenters. The fraction of sp³-hybridized carbons (Fsp3) is 1.00. The molecule has 0 amide bonds. The number of nitrogens with zero attached hydrogens (tertiary/aromatic N) is 1. The van der Waals surface area contributed by atoms with Crippen LogP contribution in [0, 0.1) is 5.92 Å². The molecule has 1 fully saturated rings. The fourth-order valence-corrected chi connectivity index (χ4v) is 3.97. The standard InChI is InChI=1S/C11H24N2O4S/c1-17-8-6-13(5-7-14)18(15,16)10-11-3-2-4-12-9-11/h11-12,14H,2-10H2,1H3. The van der Waals surface area contributed by atoms with Gasteiger partial charge in [0, 0.05) is 20.2 Å². The largest absolute Gasteiger partial charge is 0.395 e. The first-order chi connectivity index (χ1) is 8.60. The van der Waals surface area contributed by atoms with Gasteiger partial charge in [-0.3, -0.25) is 0 Å². The molecule has 1 heterocycles. The smallest absolute Gasteiger partial charge is 0.214 e. The molecule has 1 aliphatic heterocycles. The van der Waals surface area contributed by atoms with Crippen molar-refractivity contribution < 1.29 is 18.3 Å². The summed E-state index contributed by atoms with van der Waals surface area (Å²) in [5.74, 6) is 0.330. The van der Waals surface area contributed by atoms with Crippen molar-refractivity contribution in [3.05, 3.63) is 0 Å². The highest BCUT2D eigenvalue weighted by Gasteiger charge is 2.26. The first-order valence-electron chi connectivity index (χ1n) is 6.38. The van der Waals surface area contributed by atoms with Crippen molar-refractivity contribution in [1.82, 2.24) is 9.62 Å². The zero-order valence-electron chi connectivity index (χ0n) is 11.0. The van der Waals surface area contributed by atoms with Gasteiger partial charge < -0.3 is 15.2 Å². The van der Waals surface area contributed by atoms with Crippen LogP contribution in [0.3, 0.4) is 0 Å². The number of hydrogen-bond donors (Lipinski definition) is 2. The van der Waals surface area contributed by atoms with E-state index >= 15 is 0 Å². The molecule has 1 saturated heterocycles. The minimum Gasteiger partial charge on any atom is -0.395 e. The molecule has 0 radical (unpaired) electrons. The molecule has 2 N–H and O–H groups in total. The van der Waals surface area contributed by atoms with Crippen LogP contribution in [0.2, 0.25) is 0 Å². The Bertz CT molecular complexity index is 315. The Morgan fingerprint density at radius 1 is 1.44 bits per heavy atom. The van der Waals surface area contributed by atoms with Crippen LogP contribution in [0.25, 0.3) is 0 Å². The zero-order valence-corrected chi connectivity index (χ0v) is 11.8. The quantitative estimate of drug-likeness (QED) is 0.612. The van der Waals surface area contributed by atoms with Gasteiger partial charge in [-0.25, -0.2) is 8.42 Å². The Kier molecular flexibility index (Phi) is 7.10. The molecule has 1 rings (SSSR count). The van der Waals surface area contributed by atoms with Crippen LogP contribution in [0.1, 0.15) is 12.8 Å². The van der Waals surface area contributed by atoms with E-state index in [1.54, 1.807) is 0 Å². The summed E-state index contributed by atoms with van der Waals surface area (Å²) in [6.07, 6.45) is 1.97.